The van der Waals surface area contributed by atoms with Gasteiger partial charge >= 0.3 is 5.97 Å². The molecule has 5 aromatic rings. The van der Waals surface area contributed by atoms with Crippen LogP contribution in [-0.4, -0.2) is 21.3 Å². The molecule has 0 N–H and O–H groups in total. The van der Waals surface area contributed by atoms with Gasteiger partial charge in [-0.05, 0) is 74.4 Å². The molecule has 0 fully saturated rings. The fraction of sp³-hybridized carbons (Fsp3) is 0.242. The molecular weight excluding hydrogens is 474 g/mol. The van der Waals surface area contributed by atoms with Crippen LogP contribution in [0.15, 0.2) is 103 Å². The number of fused-ring (bicyclic) bond motifs is 3. The minimum Gasteiger partial charge on any atom is -0.459 e. The quantitative estimate of drug-likeness (QED) is 0.198. The summed E-state index contributed by atoms with van der Waals surface area (Å²) in [6, 6.07) is 35.8. The summed E-state index contributed by atoms with van der Waals surface area (Å²) in [6.45, 7) is 5.78. The summed E-state index contributed by atoms with van der Waals surface area (Å²) in [4.78, 5) is 13.5. The van der Waals surface area contributed by atoms with E-state index in [1.807, 2.05) is 50.9 Å². The van der Waals surface area contributed by atoms with Crippen molar-refractivity contribution in [3.8, 4) is 0 Å². The normalized spacial score (nSPS) is 12.6. The second kappa shape index (κ2) is 10.9. The molecule has 0 amide bonds. The Morgan fingerprint density at radius 3 is 2.11 bits per heavy atom. The Bertz CT molecular complexity index is 1500. The number of aromatic nitrogens is 1. The number of carbonyl (C=O) groups excluding carboxylic acids is 1. The third-order valence-electron chi connectivity index (χ3n) is 6.48. The number of para-hydroxylation sites is 1. The first kappa shape index (κ1) is 25.2. The van der Waals surface area contributed by atoms with Crippen LogP contribution in [0, 0.1) is 0 Å². The van der Waals surface area contributed by atoms with Gasteiger partial charge in [0.25, 0.3) is 0 Å². The first-order valence-electron chi connectivity index (χ1n) is 12.9. The highest BCUT2D eigenvalue weighted by molar-refractivity contribution is 7.98. The van der Waals surface area contributed by atoms with Gasteiger partial charge in [0.15, 0.2) is 0 Å². The molecule has 0 aliphatic carbocycles. The number of rotatable bonds is 8. The summed E-state index contributed by atoms with van der Waals surface area (Å²) < 4.78 is 8.23. The number of hydrogen-bond donors (Lipinski definition) is 0. The minimum atomic E-state index is -0.543. The zero-order valence-corrected chi connectivity index (χ0v) is 22.5. The van der Waals surface area contributed by atoms with Crippen LogP contribution in [0.5, 0.6) is 0 Å². The second-order valence-corrected chi connectivity index (χ2v) is 11.5. The number of esters is 1. The molecule has 1 atom stereocenters. The van der Waals surface area contributed by atoms with Crippen molar-refractivity contribution in [3.63, 3.8) is 0 Å². The summed E-state index contributed by atoms with van der Waals surface area (Å²) in [5, 5.41) is 2.43. The lowest BCUT2D eigenvalue weighted by atomic mass is 9.91. The molecule has 0 saturated heterocycles. The Morgan fingerprint density at radius 2 is 1.41 bits per heavy atom. The molecule has 1 heterocycles. The molecule has 37 heavy (non-hydrogen) atoms. The monoisotopic (exact) mass is 507 g/mol. The van der Waals surface area contributed by atoms with Gasteiger partial charge in [0.2, 0.25) is 0 Å². The van der Waals surface area contributed by atoms with Crippen LogP contribution in [-0.2, 0) is 22.4 Å². The Balaban J connectivity index is 1.54. The number of carbonyl (C=O) groups is 1. The molecule has 4 aromatic carbocycles. The summed E-state index contributed by atoms with van der Waals surface area (Å²) in [5.41, 5.74) is 5.24. The highest BCUT2D eigenvalue weighted by Crippen LogP contribution is 2.35. The summed E-state index contributed by atoms with van der Waals surface area (Å²) in [6.07, 6.45) is 1.59. The predicted molar refractivity (Wildman–Crippen MR) is 156 cm³/mol. The van der Waals surface area contributed by atoms with Gasteiger partial charge in [-0.3, -0.25) is 8.77 Å². The van der Waals surface area contributed by atoms with Crippen LogP contribution < -0.4 is 0 Å². The summed E-state index contributed by atoms with van der Waals surface area (Å²) in [5.74, 6) is 0.392. The highest BCUT2D eigenvalue weighted by Gasteiger charge is 2.28. The van der Waals surface area contributed by atoms with Crippen molar-refractivity contribution >= 4 is 39.7 Å². The van der Waals surface area contributed by atoms with Crippen molar-refractivity contribution < 1.29 is 9.53 Å². The molecule has 0 aliphatic rings. The lowest BCUT2D eigenvalue weighted by molar-refractivity contribution is -0.156. The molecule has 5 rings (SSSR count). The lowest BCUT2D eigenvalue weighted by Crippen LogP contribution is -2.28. The SMILES string of the molecule is CC(C)(C)OC(=O)C(Cc1ccccc1)c1ccc2c3ccccc3n(SCCc3ccccc3)c2c1. The Morgan fingerprint density at radius 1 is 0.784 bits per heavy atom. The zero-order chi connectivity index (χ0) is 25.8. The van der Waals surface area contributed by atoms with Crippen molar-refractivity contribution in [2.24, 2.45) is 0 Å². The first-order chi connectivity index (χ1) is 17.9. The molecule has 0 bridgehead atoms. The van der Waals surface area contributed by atoms with Gasteiger partial charge in [-0.1, -0.05) is 91.0 Å². The Labute approximate surface area is 223 Å². The van der Waals surface area contributed by atoms with E-state index in [-0.39, 0.29) is 11.9 Å². The van der Waals surface area contributed by atoms with E-state index in [1.165, 1.54) is 21.9 Å². The fourth-order valence-electron chi connectivity index (χ4n) is 4.77. The molecule has 1 aromatic heterocycles. The third-order valence-corrected chi connectivity index (χ3v) is 7.52. The van der Waals surface area contributed by atoms with Gasteiger partial charge in [0, 0.05) is 16.5 Å². The number of hydrogen-bond acceptors (Lipinski definition) is 3. The van der Waals surface area contributed by atoms with Crippen LogP contribution in [0.1, 0.15) is 43.4 Å². The predicted octanol–water partition coefficient (Wildman–Crippen LogP) is 8.20. The highest BCUT2D eigenvalue weighted by atomic mass is 32.2. The van der Waals surface area contributed by atoms with Crippen LogP contribution in [0.2, 0.25) is 0 Å². The van der Waals surface area contributed by atoms with Gasteiger partial charge in [0.1, 0.15) is 5.60 Å². The van der Waals surface area contributed by atoms with Crippen LogP contribution >= 0.6 is 11.9 Å². The number of benzene rings is 4. The van der Waals surface area contributed by atoms with Gasteiger partial charge < -0.3 is 4.74 Å². The van der Waals surface area contributed by atoms with Crippen molar-refractivity contribution in [1.29, 1.82) is 0 Å². The van der Waals surface area contributed by atoms with Gasteiger partial charge in [-0.15, -0.1) is 0 Å². The Kier molecular flexibility index (Phi) is 7.38. The number of aryl methyl sites for hydroxylation is 1. The van der Waals surface area contributed by atoms with E-state index in [0.717, 1.165) is 28.8 Å². The smallest absolute Gasteiger partial charge is 0.314 e. The van der Waals surface area contributed by atoms with Gasteiger partial charge in [-0.2, -0.15) is 0 Å². The molecule has 0 spiro atoms. The molecule has 3 nitrogen and oxygen atoms in total. The first-order valence-corrected chi connectivity index (χ1v) is 13.8. The average molecular weight is 508 g/mol. The summed E-state index contributed by atoms with van der Waals surface area (Å²) >= 11 is 1.82. The van der Waals surface area contributed by atoms with Gasteiger partial charge in [-0.25, -0.2) is 0 Å². The van der Waals surface area contributed by atoms with Crippen LogP contribution in [0.3, 0.4) is 0 Å². The van der Waals surface area contributed by atoms with Gasteiger partial charge in [0.05, 0.1) is 17.0 Å². The van der Waals surface area contributed by atoms with E-state index >= 15 is 0 Å². The standard InChI is InChI=1S/C33H33NO2S/c1-33(2,3)36-32(35)29(22-25-14-8-5-9-15-25)26-18-19-28-27-16-10-11-17-30(27)34(31(28)23-26)37-21-20-24-12-6-4-7-13-24/h4-19,23,29H,20-22H2,1-3H3. The van der Waals surface area contributed by atoms with E-state index in [1.54, 1.807) is 0 Å². The lowest BCUT2D eigenvalue weighted by Gasteiger charge is -2.24. The second-order valence-electron chi connectivity index (χ2n) is 10.4. The van der Waals surface area contributed by atoms with Crippen LogP contribution in [0.25, 0.3) is 21.8 Å². The molecule has 188 valence electrons. The molecular formula is C33H33NO2S. The third kappa shape index (κ3) is 5.91. The maximum absolute atomic E-state index is 13.5. The molecule has 0 saturated carbocycles. The van der Waals surface area contributed by atoms with E-state index in [0.29, 0.717) is 6.42 Å². The summed E-state index contributed by atoms with van der Waals surface area (Å²) in [7, 11) is 0. The van der Waals surface area contributed by atoms with E-state index < -0.39 is 5.60 Å². The Hall–Kier alpha value is -3.50. The maximum atomic E-state index is 13.5. The average Bonchev–Trinajstić information content (AvgIpc) is 3.20. The van der Waals surface area contributed by atoms with Crippen molar-refractivity contribution in [1.82, 2.24) is 3.97 Å². The van der Waals surface area contributed by atoms with E-state index in [2.05, 4.69) is 88.9 Å². The van der Waals surface area contributed by atoms with Crippen molar-refractivity contribution in [3.05, 3.63) is 120 Å². The van der Waals surface area contributed by atoms with Crippen molar-refractivity contribution in [2.75, 3.05) is 5.75 Å². The zero-order valence-electron chi connectivity index (χ0n) is 21.7. The minimum absolute atomic E-state index is 0.185. The number of ether oxygens (including phenoxy) is 1. The molecule has 4 heteroatoms. The maximum Gasteiger partial charge on any atom is 0.314 e. The number of nitrogens with zero attached hydrogens (tertiary/aromatic N) is 1. The largest absolute Gasteiger partial charge is 0.459 e. The molecule has 0 radical (unpaired) electrons. The molecule has 0 aliphatic heterocycles. The fourth-order valence-corrected chi connectivity index (χ4v) is 5.87. The van der Waals surface area contributed by atoms with E-state index in [4.69, 9.17) is 4.74 Å². The van der Waals surface area contributed by atoms with Crippen molar-refractivity contribution in [2.45, 2.75) is 45.1 Å². The van der Waals surface area contributed by atoms with Crippen LogP contribution in [0.4, 0.5) is 0 Å². The molecule has 1 unspecified atom stereocenters. The topological polar surface area (TPSA) is 31.2 Å². The van der Waals surface area contributed by atoms with E-state index in [9.17, 15) is 4.79 Å².